The van der Waals surface area contributed by atoms with Gasteiger partial charge in [0.1, 0.15) is 18.3 Å². The fourth-order valence-electron chi connectivity index (χ4n) is 2.78. The molecule has 126 valence electrons. The highest BCUT2D eigenvalue weighted by Gasteiger charge is 2.34. The van der Waals surface area contributed by atoms with Crippen molar-refractivity contribution in [3.05, 3.63) is 58.9 Å². The zero-order valence-electron chi connectivity index (χ0n) is 13.5. The summed E-state index contributed by atoms with van der Waals surface area (Å²) in [6.45, 7) is 2.20. The average Bonchev–Trinajstić information content (AvgIpc) is 2.63. The molecule has 7 heteroatoms. The molecule has 1 aliphatic heterocycles. The van der Waals surface area contributed by atoms with Crippen molar-refractivity contribution in [2.75, 3.05) is 18.0 Å². The number of pyridine rings is 1. The Labute approximate surface area is 150 Å². The minimum atomic E-state index is -0.281. The molecular weight excluding hydrogens is 340 g/mol. The molecule has 0 N–H and O–H groups in total. The molecule has 3 rings (SSSR count). The normalized spacial score (nSPS) is 17.3. The van der Waals surface area contributed by atoms with E-state index in [2.05, 4.69) is 4.98 Å². The third-order valence-electron chi connectivity index (χ3n) is 4.11. The Morgan fingerprint density at radius 3 is 2.72 bits per heavy atom. The summed E-state index contributed by atoms with van der Waals surface area (Å²) in [6.07, 6.45) is 1.36. The zero-order chi connectivity index (χ0) is 18.0. The van der Waals surface area contributed by atoms with Crippen molar-refractivity contribution in [2.24, 2.45) is 0 Å². The van der Waals surface area contributed by atoms with Crippen LogP contribution in [-0.4, -0.2) is 40.8 Å². The van der Waals surface area contributed by atoms with Gasteiger partial charge in [0, 0.05) is 18.8 Å². The quantitative estimate of drug-likeness (QED) is 0.830. The first-order valence-corrected chi connectivity index (χ1v) is 8.11. The number of hydrogen-bond acceptors (Lipinski definition) is 4. The molecule has 1 aromatic heterocycles. The highest BCUT2D eigenvalue weighted by molar-refractivity contribution is 6.33. The lowest BCUT2D eigenvalue weighted by Crippen LogP contribution is -2.57. The first kappa shape index (κ1) is 16.9. The van der Waals surface area contributed by atoms with Crippen molar-refractivity contribution in [1.82, 2.24) is 9.88 Å². The molecule has 0 saturated carbocycles. The van der Waals surface area contributed by atoms with Gasteiger partial charge < -0.3 is 9.80 Å². The van der Waals surface area contributed by atoms with Gasteiger partial charge in [-0.3, -0.25) is 9.59 Å². The molecule has 2 aromatic rings. The summed E-state index contributed by atoms with van der Waals surface area (Å²) in [4.78, 5) is 32.3. The monoisotopic (exact) mass is 354 g/mol. The Morgan fingerprint density at radius 2 is 2.08 bits per heavy atom. The summed E-state index contributed by atoms with van der Waals surface area (Å²) in [5, 5.41) is 9.28. The van der Waals surface area contributed by atoms with Crippen molar-refractivity contribution in [2.45, 2.75) is 13.0 Å². The average molecular weight is 355 g/mol. The van der Waals surface area contributed by atoms with E-state index in [0.29, 0.717) is 22.8 Å². The molecule has 25 heavy (non-hydrogen) atoms. The van der Waals surface area contributed by atoms with Crippen LogP contribution in [0.25, 0.3) is 0 Å². The molecule has 1 atom stereocenters. The maximum absolute atomic E-state index is 12.7. The third kappa shape index (κ3) is 3.32. The Bertz CT molecular complexity index is 860. The minimum absolute atomic E-state index is 0.0365. The maximum Gasteiger partial charge on any atom is 0.256 e. The van der Waals surface area contributed by atoms with E-state index in [0.717, 1.165) is 0 Å². The molecule has 1 fully saturated rings. The van der Waals surface area contributed by atoms with Gasteiger partial charge in [-0.2, -0.15) is 5.26 Å². The second kappa shape index (κ2) is 6.91. The van der Waals surface area contributed by atoms with E-state index in [4.69, 9.17) is 16.9 Å². The smallest absolute Gasteiger partial charge is 0.256 e. The number of nitrogens with zero attached hydrogens (tertiary/aromatic N) is 4. The Hall–Kier alpha value is -2.91. The van der Waals surface area contributed by atoms with E-state index in [9.17, 15) is 9.59 Å². The van der Waals surface area contributed by atoms with Crippen LogP contribution in [0.3, 0.4) is 0 Å². The summed E-state index contributed by atoms with van der Waals surface area (Å²) >= 11 is 6.18. The number of nitriles is 1. The van der Waals surface area contributed by atoms with Gasteiger partial charge >= 0.3 is 0 Å². The second-order valence-corrected chi connectivity index (χ2v) is 6.19. The van der Waals surface area contributed by atoms with Gasteiger partial charge in [-0.1, -0.05) is 23.7 Å². The predicted molar refractivity (Wildman–Crippen MR) is 93.3 cm³/mol. The SMILES string of the molecule is CC1CN(c2ccccc2Cl)C(=O)CN1C(=O)c1ccc(C#N)nc1. The molecule has 1 saturated heterocycles. The molecule has 1 unspecified atom stereocenters. The van der Waals surface area contributed by atoms with Crippen LogP contribution in [-0.2, 0) is 4.79 Å². The summed E-state index contributed by atoms with van der Waals surface area (Å²) < 4.78 is 0. The van der Waals surface area contributed by atoms with Crippen molar-refractivity contribution >= 4 is 29.1 Å². The summed E-state index contributed by atoms with van der Waals surface area (Å²) in [7, 11) is 0. The van der Waals surface area contributed by atoms with E-state index in [1.54, 1.807) is 29.2 Å². The van der Waals surface area contributed by atoms with Crippen molar-refractivity contribution in [3.8, 4) is 6.07 Å². The fraction of sp³-hybridized carbons (Fsp3) is 0.222. The van der Waals surface area contributed by atoms with E-state index in [1.165, 1.54) is 17.2 Å². The molecule has 0 bridgehead atoms. The summed E-state index contributed by atoms with van der Waals surface area (Å²) in [5.74, 6) is -0.474. The molecule has 6 nitrogen and oxygen atoms in total. The van der Waals surface area contributed by atoms with E-state index < -0.39 is 0 Å². The van der Waals surface area contributed by atoms with Crippen LogP contribution in [0.4, 0.5) is 5.69 Å². The number of amides is 2. The minimum Gasteiger partial charge on any atom is -0.325 e. The molecule has 1 aromatic carbocycles. The Morgan fingerprint density at radius 1 is 1.32 bits per heavy atom. The number of hydrogen-bond donors (Lipinski definition) is 0. The van der Waals surface area contributed by atoms with E-state index >= 15 is 0 Å². The van der Waals surface area contributed by atoms with Gasteiger partial charge in [0.05, 0.1) is 16.3 Å². The van der Waals surface area contributed by atoms with Gasteiger partial charge in [0.15, 0.2) is 0 Å². The second-order valence-electron chi connectivity index (χ2n) is 5.78. The van der Waals surface area contributed by atoms with Crippen LogP contribution in [0.15, 0.2) is 42.6 Å². The van der Waals surface area contributed by atoms with E-state index in [-0.39, 0.29) is 30.1 Å². The van der Waals surface area contributed by atoms with Gasteiger partial charge in [-0.15, -0.1) is 0 Å². The summed E-state index contributed by atoms with van der Waals surface area (Å²) in [5.41, 5.74) is 1.24. The third-order valence-corrected chi connectivity index (χ3v) is 4.43. The van der Waals surface area contributed by atoms with Crippen molar-refractivity contribution in [1.29, 1.82) is 5.26 Å². The number of rotatable bonds is 2. The lowest BCUT2D eigenvalue weighted by Gasteiger charge is -2.39. The molecule has 0 spiro atoms. The Kier molecular flexibility index (Phi) is 4.68. The van der Waals surface area contributed by atoms with Gasteiger partial charge in [0.2, 0.25) is 5.91 Å². The number of halogens is 1. The number of para-hydroxylation sites is 1. The van der Waals surface area contributed by atoms with Crippen molar-refractivity contribution in [3.63, 3.8) is 0 Å². The standard InChI is InChI=1S/C18H15ClN4O2/c1-12-10-23(16-5-3-2-4-15(16)19)17(24)11-22(12)18(25)13-6-7-14(8-20)21-9-13/h2-7,9,12H,10-11H2,1H3. The number of carbonyl (C=O) groups is 2. The predicted octanol–water partition coefficient (Wildman–Crippen LogP) is 2.48. The topological polar surface area (TPSA) is 77.3 Å². The first-order valence-electron chi connectivity index (χ1n) is 7.73. The van der Waals surface area contributed by atoms with Crippen molar-refractivity contribution < 1.29 is 9.59 Å². The van der Waals surface area contributed by atoms with Crippen LogP contribution < -0.4 is 4.90 Å². The van der Waals surface area contributed by atoms with Crippen LogP contribution in [0, 0.1) is 11.3 Å². The van der Waals surface area contributed by atoms with Crippen LogP contribution in [0.5, 0.6) is 0 Å². The van der Waals surface area contributed by atoms with E-state index in [1.807, 2.05) is 19.1 Å². The van der Waals surface area contributed by atoms with Gasteiger partial charge in [-0.05, 0) is 31.2 Å². The molecule has 2 heterocycles. The highest BCUT2D eigenvalue weighted by atomic mass is 35.5. The number of aromatic nitrogens is 1. The first-order chi connectivity index (χ1) is 12.0. The molecule has 0 radical (unpaired) electrons. The lowest BCUT2D eigenvalue weighted by atomic mass is 10.1. The van der Waals surface area contributed by atoms with Gasteiger partial charge in [-0.25, -0.2) is 4.98 Å². The molecule has 2 amide bonds. The largest absolute Gasteiger partial charge is 0.325 e. The number of carbonyl (C=O) groups excluding carboxylic acids is 2. The zero-order valence-corrected chi connectivity index (χ0v) is 14.3. The summed E-state index contributed by atoms with van der Waals surface area (Å²) in [6, 6.07) is 11.9. The number of anilines is 1. The highest BCUT2D eigenvalue weighted by Crippen LogP contribution is 2.28. The Balaban J connectivity index is 1.80. The molecule has 1 aliphatic rings. The van der Waals surface area contributed by atoms with Crippen LogP contribution >= 0.6 is 11.6 Å². The maximum atomic E-state index is 12.7. The molecular formula is C18H15ClN4O2. The van der Waals surface area contributed by atoms with Crippen LogP contribution in [0.2, 0.25) is 5.02 Å². The van der Waals surface area contributed by atoms with Crippen LogP contribution in [0.1, 0.15) is 23.0 Å². The lowest BCUT2D eigenvalue weighted by molar-refractivity contribution is -0.121. The number of piperazine rings is 1. The fourth-order valence-corrected chi connectivity index (χ4v) is 3.02. The van der Waals surface area contributed by atoms with Gasteiger partial charge in [0.25, 0.3) is 5.91 Å². The number of benzene rings is 1. The molecule has 0 aliphatic carbocycles.